The molecule has 0 spiro atoms. The van der Waals surface area contributed by atoms with Gasteiger partial charge in [0.1, 0.15) is 11.6 Å². The van der Waals surface area contributed by atoms with E-state index in [2.05, 4.69) is 23.4 Å². The van der Waals surface area contributed by atoms with E-state index in [1.807, 2.05) is 13.0 Å². The summed E-state index contributed by atoms with van der Waals surface area (Å²) >= 11 is 0. The minimum absolute atomic E-state index is 0.0814. The molecular weight excluding hydrogens is 214 g/mol. The number of fused-ring (bicyclic) bond motifs is 1. The lowest BCUT2D eigenvalue weighted by Crippen LogP contribution is -2.21. The molecule has 2 aromatic rings. The second kappa shape index (κ2) is 4.37. The summed E-state index contributed by atoms with van der Waals surface area (Å²) < 4.78 is 2.14. The number of phenolic OH excluding ortho intramolecular Hbond substituents is 1. The number of nitrogens with two attached hydrogens (primary N) is 1. The van der Waals surface area contributed by atoms with Gasteiger partial charge in [-0.15, -0.1) is 0 Å². The van der Waals surface area contributed by atoms with Gasteiger partial charge in [0, 0.05) is 24.6 Å². The number of rotatable bonds is 3. The van der Waals surface area contributed by atoms with Gasteiger partial charge in [0.15, 0.2) is 0 Å². The summed E-state index contributed by atoms with van der Waals surface area (Å²) in [5, 5.41) is 9.56. The van der Waals surface area contributed by atoms with Crippen molar-refractivity contribution in [1.82, 2.24) is 9.55 Å². The van der Waals surface area contributed by atoms with E-state index in [1.165, 1.54) is 0 Å². The molecule has 0 saturated heterocycles. The number of imidazole rings is 1. The van der Waals surface area contributed by atoms with Crippen LogP contribution in [0.2, 0.25) is 0 Å². The molecule has 17 heavy (non-hydrogen) atoms. The van der Waals surface area contributed by atoms with E-state index in [0.717, 1.165) is 23.3 Å². The summed E-state index contributed by atoms with van der Waals surface area (Å²) in [4.78, 5) is 4.59. The van der Waals surface area contributed by atoms with Gasteiger partial charge in [0.2, 0.25) is 0 Å². The zero-order valence-electron chi connectivity index (χ0n) is 10.5. The molecule has 1 heterocycles. The first kappa shape index (κ1) is 11.9. The zero-order chi connectivity index (χ0) is 12.6. The van der Waals surface area contributed by atoms with E-state index in [0.29, 0.717) is 6.04 Å². The number of aromatic hydroxyl groups is 1. The smallest absolute Gasteiger partial charge is 0.117 e. The summed E-state index contributed by atoms with van der Waals surface area (Å²) in [5.74, 6) is 1.25. The maximum absolute atomic E-state index is 9.56. The zero-order valence-corrected chi connectivity index (χ0v) is 10.5. The molecule has 92 valence electrons. The molecule has 0 aliphatic rings. The van der Waals surface area contributed by atoms with E-state index in [4.69, 9.17) is 5.73 Å². The first-order valence-corrected chi connectivity index (χ1v) is 5.94. The molecule has 1 atom stereocenters. The van der Waals surface area contributed by atoms with Gasteiger partial charge in [-0.05, 0) is 32.9 Å². The maximum Gasteiger partial charge on any atom is 0.117 e. The van der Waals surface area contributed by atoms with E-state index in [-0.39, 0.29) is 11.8 Å². The van der Waals surface area contributed by atoms with Crippen molar-refractivity contribution >= 4 is 11.0 Å². The third kappa shape index (κ3) is 2.26. The lowest BCUT2D eigenvalue weighted by molar-refractivity contribution is 0.475. The summed E-state index contributed by atoms with van der Waals surface area (Å²) in [5.41, 5.74) is 7.72. The van der Waals surface area contributed by atoms with Crippen LogP contribution in [0, 0.1) is 0 Å². The van der Waals surface area contributed by atoms with Crippen molar-refractivity contribution in [1.29, 1.82) is 0 Å². The predicted molar refractivity (Wildman–Crippen MR) is 69.1 cm³/mol. The number of benzene rings is 1. The van der Waals surface area contributed by atoms with Crippen LogP contribution in [0.25, 0.3) is 11.0 Å². The Kier molecular flexibility index (Phi) is 3.07. The summed E-state index contributed by atoms with van der Waals surface area (Å²) in [7, 11) is 0. The van der Waals surface area contributed by atoms with Crippen LogP contribution >= 0.6 is 0 Å². The Bertz CT molecular complexity index is 529. The largest absolute Gasteiger partial charge is 0.508 e. The van der Waals surface area contributed by atoms with Crippen molar-refractivity contribution in [3.63, 3.8) is 0 Å². The van der Waals surface area contributed by atoms with Gasteiger partial charge < -0.3 is 15.4 Å². The van der Waals surface area contributed by atoms with Gasteiger partial charge in [0.05, 0.1) is 11.0 Å². The second-order valence-electron chi connectivity index (χ2n) is 4.85. The van der Waals surface area contributed by atoms with Gasteiger partial charge in [0.25, 0.3) is 0 Å². The Morgan fingerprint density at radius 1 is 1.35 bits per heavy atom. The van der Waals surface area contributed by atoms with Crippen LogP contribution in [-0.4, -0.2) is 20.7 Å². The molecule has 4 nitrogen and oxygen atoms in total. The highest BCUT2D eigenvalue weighted by Crippen LogP contribution is 2.25. The molecule has 1 aromatic carbocycles. The van der Waals surface area contributed by atoms with Gasteiger partial charge in [-0.1, -0.05) is 0 Å². The highest BCUT2D eigenvalue weighted by molar-refractivity contribution is 5.78. The summed E-state index contributed by atoms with van der Waals surface area (Å²) in [6, 6.07) is 5.64. The first-order valence-electron chi connectivity index (χ1n) is 5.94. The van der Waals surface area contributed by atoms with E-state index in [9.17, 15) is 5.11 Å². The highest BCUT2D eigenvalue weighted by Gasteiger charge is 2.14. The Morgan fingerprint density at radius 3 is 2.65 bits per heavy atom. The molecule has 0 amide bonds. The first-order chi connectivity index (χ1) is 7.99. The van der Waals surface area contributed by atoms with Crippen LogP contribution in [0.5, 0.6) is 5.75 Å². The Labute approximate surface area is 101 Å². The lowest BCUT2D eigenvalue weighted by atomic mass is 10.2. The Hall–Kier alpha value is -1.55. The fourth-order valence-corrected chi connectivity index (χ4v) is 2.14. The summed E-state index contributed by atoms with van der Waals surface area (Å²) in [6.07, 6.45) is 0.744. The van der Waals surface area contributed by atoms with Crippen LogP contribution in [0.4, 0.5) is 0 Å². The fraction of sp³-hybridized carbons (Fsp3) is 0.462. The number of aromatic nitrogens is 2. The van der Waals surface area contributed by atoms with Gasteiger partial charge in [-0.3, -0.25) is 0 Å². The van der Waals surface area contributed by atoms with Crippen molar-refractivity contribution in [2.24, 2.45) is 5.73 Å². The maximum atomic E-state index is 9.56. The van der Waals surface area contributed by atoms with Gasteiger partial charge in [-0.25, -0.2) is 4.98 Å². The number of hydrogen-bond acceptors (Lipinski definition) is 3. The molecule has 2 rings (SSSR count). The number of hydrogen-bond donors (Lipinski definition) is 2. The lowest BCUT2D eigenvalue weighted by Gasteiger charge is -2.14. The molecule has 1 aromatic heterocycles. The Morgan fingerprint density at radius 2 is 2.06 bits per heavy atom. The van der Waals surface area contributed by atoms with E-state index < -0.39 is 0 Å². The van der Waals surface area contributed by atoms with Crippen LogP contribution in [-0.2, 0) is 6.42 Å². The van der Waals surface area contributed by atoms with E-state index in [1.54, 1.807) is 12.1 Å². The fourth-order valence-electron chi connectivity index (χ4n) is 2.14. The van der Waals surface area contributed by atoms with Gasteiger partial charge >= 0.3 is 0 Å². The number of phenols is 1. The molecule has 0 saturated carbocycles. The van der Waals surface area contributed by atoms with Gasteiger partial charge in [-0.2, -0.15) is 0 Å². The molecular formula is C13H19N3O. The van der Waals surface area contributed by atoms with Crippen molar-refractivity contribution < 1.29 is 5.11 Å². The molecule has 0 aliphatic carbocycles. The van der Waals surface area contributed by atoms with E-state index >= 15 is 0 Å². The normalized spacial score (nSPS) is 13.5. The second-order valence-corrected chi connectivity index (χ2v) is 4.85. The SMILES string of the molecule is CC(N)Cc1nc2ccc(O)cc2n1C(C)C. The molecule has 4 heteroatoms. The van der Waals surface area contributed by atoms with Crippen LogP contribution in [0.15, 0.2) is 18.2 Å². The average molecular weight is 233 g/mol. The third-order valence-electron chi connectivity index (χ3n) is 2.77. The molecule has 0 bridgehead atoms. The molecule has 0 radical (unpaired) electrons. The quantitative estimate of drug-likeness (QED) is 0.854. The monoisotopic (exact) mass is 233 g/mol. The van der Waals surface area contributed by atoms with Crippen LogP contribution < -0.4 is 5.73 Å². The minimum Gasteiger partial charge on any atom is -0.508 e. The van der Waals surface area contributed by atoms with Crippen LogP contribution in [0.1, 0.15) is 32.6 Å². The Balaban J connectivity index is 2.63. The van der Waals surface area contributed by atoms with Crippen LogP contribution in [0.3, 0.4) is 0 Å². The molecule has 1 unspecified atom stereocenters. The molecule has 3 N–H and O–H groups in total. The predicted octanol–water partition coefficient (Wildman–Crippen LogP) is 2.21. The number of nitrogens with zero attached hydrogens (tertiary/aromatic N) is 2. The highest BCUT2D eigenvalue weighted by atomic mass is 16.3. The third-order valence-corrected chi connectivity index (χ3v) is 2.77. The van der Waals surface area contributed by atoms with Crippen molar-refractivity contribution in [2.45, 2.75) is 39.3 Å². The average Bonchev–Trinajstić information content (AvgIpc) is 2.53. The summed E-state index contributed by atoms with van der Waals surface area (Å²) in [6.45, 7) is 6.19. The standard InChI is InChI=1S/C13H19N3O/c1-8(2)16-12-7-10(17)4-5-11(12)15-13(16)6-9(3)14/h4-5,7-9,17H,6,14H2,1-3H3. The molecule has 0 aliphatic heterocycles. The topological polar surface area (TPSA) is 64.1 Å². The van der Waals surface area contributed by atoms with Crippen molar-refractivity contribution in [2.75, 3.05) is 0 Å². The van der Waals surface area contributed by atoms with Crippen molar-refractivity contribution in [3.05, 3.63) is 24.0 Å². The molecule has 0 fully saturated rings. The van der Waals surface area contributed by atoms with Crippen molar-refractivity contribution in [3.8, 4) is 5.75 Å². The minimum atomic E-state index is 0.0814.